The van der Waals surface area contributed by atoms with E-state index in [4.69, 9.17) is 4.74 Å². The van der Waals surface area contributed by atoms with E-state index < -0.39 is 39.9 Å². The van der Waals surface area contributed by atoms with Gasteiger partial charge in [-0.25, -0.2) is 8.78 Å². The van der Waals surface area contributed by atoms with Crippen LogP contribution >= 0.6 is 0 Å². The van der Waals surface area contributed by atoms with Gasteiger partial charge in [0.25, 0.3) is 10.2 Å². The summed E-state index contributed by atoms with van der Waals surface area (Å²) in [6, 6.07) is 1.54. The summed E-state index contributed by atoms with van der Waals surface area (Å²) in [6.45, 7) is 3.53. The monoisotopic (exact) mass is 362 g/mol. The van der Waals surface area contributed by atoms with Gasteiger partial charge in [-0.3, -0.25) is 4.79 Å². The first-order valence-electron chi connectivity index (χ1n) is 7.67. The average molecular weight is 362 g/mol. The fraction of sp³-hybridized carbons (Fsp3) is 0.533. The van der Waals surface area contributed by atoms with E-state index in [9.17, 15) is 22.0 Å². The Morgan fingerprint density at radius 3 is 2.75 bits per heavy atom. The summed E-state index contributed by atoms with van der Waals surface area (Å²) in [5, 5.41) is 0. The first-order valence-corrected chi connectivity index (χ1v) is 9.11. The Kier molecular flexibility index (Phi) is 5.89. The van der Waals surface area contributed by atoms with E-state index in [-0.39, 0.29) is 18.7 Å². The zero-order valence-corrected chi connectivity index (χ0v) is 14.3. The van der Waals surface area contributed by atoms with Gasteiger partial charge in [0.1, 0.15) is 6.04 Å². The van der Waals surface area contributed by atoms with Gasteiger partial charge in [0.15, 0.2) is 11.6 Å². The summed E-state index contributed by atoms with van der Waals surface area (Å²) in [5.74, 6) is -2.64. The first-order chi connectivity index (χ1) is 11.3. The lowest BCUT2D eigenvalue weighted by atomic mass is 10.1. The molecule has 2 atom stereocenters. The summed E-state index contributed by atoms with van der Waals surface area (Å²) in [4.78, 5) is 11.9. The van der Waals surface area contributed by atoms with Gasteiger partial charge < -0.3 is 4.74 Å². The predicted octanol–water partition coefficient (Wildman–Crippen LogP) is 1.89. The molecular weight excluding hydrogens is 342 g/mol. The van der Waals surface area contributed by atoms with Crippen molar-refractivity contribution in [3.8, 4) is 0 Å². The standard InChI is InChI=1S/C15H20F2N2O4S/c1-3-23-15(20)14-5-4-8-19(14)24(21,22)18-10(2)11-6-7-12(16)13(17)9-11/h6-7,9-10,14,18H,3-5,8H2,1-2H3/t10-,14-/m1/s1. The molecule has 1 fully saturated rings. The molecule has 0 spiro atoms. The van der Waals surface area contributed by atoms with Crippen LogP contribution < -0.4 is 4.72 Å². The van der Waals surface area contributed by atoms with E-state index in [0.717, 1.165) is 16.4 Å². The number of carbonyl (C=O) groups excluding carboxylic acids is 1. The minimum Gasteiger partial charge on any atom is -0.465 e. The number of hydrogen-bond donors (Lipinski definition) is 1. The largest absolute Gasteiger partial charge is 0.465 e. The van der Waals surface area contributed by atoms with Crippen LogP contribution in [0.2, 0.25) is 0 Å². The number of carbonyl (C=O) groups is 1. The zero-order chi connectivity index (χ0) is 17.9. The second-order valence-corrected chi connectivity index (χ2v) is 7.19. The normalized spacial score (nSPS) is 20.1. The molecule has 0 bridgehead atoms. The van der Waals surface area contributed by atoms with Crippen LogP contribution in [0.15, 0.2) is 18.2 Å². The second kappa shape index (κ2) is 7.54. The minimum atomic E-state index is -3.98. The van der Waals surface area contributed by atoms with E-state index in [2.05, 4.69) is 4.72 Å². The summed E-state index contributed by atoms with van der Waals surface area (Å²) < 4.78 is 59.7. The lowest BCUT2D eigenvalue weighted by Crippen LogP contribution is -2.47. The van der Waals surface area contributed by atoms with Crippen molar-refractivity contribution >= 4 is 16.2 Å². The molecule has 0 unspecified atom stereocenters. The number of esters is 1. The summed E-state index contributed by atoms with van der Waals surface area (Å²) in [7, 11) is -3.98. The van der Waals surface area contributed by atoms with Crippen LogP contribution in [-0.2, 0) is 19.7 Å². The Morgan fingerprint density at radius 2 is 2.12 bits per heavy atom. The van der Waals surface area contributed by atoms with Crippen LogP contribution in [0.1, 0.15) is 38.3 Å². The fourth-order valence-corrected chi connectivity index (χ4v) is 4.26. The maximum atomic E-state index is 13.3. The Morgan fingerprint density at radius 1 is 1.42 bits per heavy atom. The van der Waals surface area contributed by atoms with Gasteiger partial charge in [0, 0.05) is 12.6 Å². The Balaban J connectivity index is 2.14. The number of ether oxygens (including phenoxy) is 1. The van der Waals surface area contributed by atoms with Gasteiger partial charge in [-0.05, 0) is 44.4 Å². The maximum Gasteiger partial charge on any atom is 0.324 e. The van der Waals surface area contributed by atoms with Crippen LogP contribution in [0.4, 0.5) is 8.78 Å². The summed E-state index contributed by atoms with van der Waals surface area (Å²) in [6.07, 6.45) is 0.934. The van der Waals surface area contributed by atoms with Gasteiger partial charge in [-0.15, -0.1) is 0 Å². The third-order valence-electron chi connectivity index (χ3n) is 3.84. The molecule has 1 aromatic carbocycles. The van der Waals surface area contributed by atoms with Crippen LogP contribution in [0.5, 0.6) is 0 Å². The van der Waals surface area contributed by atoms with Crippen LogP contribution in [0, 0.1) is 11.6 Å². The Labute approximate surface area is 140 Å². The molecule has 24 heavy (non-hydrogen) atoms. The van der Waals surface area contributed by atoms with E-state index in [1.54, 1.807) is 6.92 Å². The van der Waals surface area contributed by atoms with Crippen LogP contribution in [0.3, 0.4) is 0 Å². The van der Waals surface area contributed by atoms with E-state index in [1.165, 1.54) is 13.0 Å². The molecule has 1 saturated heterocycles. The third kappa shape index (κ3) is 4.08. The molecule has 134 valence electrons. The van der Waals surface area contributed by atoms with Crippen molar-refractivity contribution in [3.05, 3.63) is 35.4 Å². The van der Waals surface area contributed by atoms with Gasteiger partial charge in [-0.2, -0.15) is 17.4 Å². The van der Waals surface area contributed by atoms with Crippen molar-refractivity contribution in [1.29, 1.82) is 0 Å². The molecule has 1 heterocycles. The highest BCUT2D eigenvalue weighted by atomic mass is 32.2. The summed E-state index contributed by atoms with van der Waals surface area (Å²) >= 11 is 0. The predicted molar refractivity (Wildman–Crippen MR) is 83.2 cm³/mol. The van der Waals surface area contributed by atoms with Gasteiger partial charge in [-0.1, -0.05) is 6.07 Å². The molecule has 6 nitrogen and oxygen atoms in total. The molecular formula is C15H20F2N2O4S. The SMILES string of the molecule is CCOC(=O)[C@H]1CCCN1S(=O)(=O)N[C@H](C)c1ccc(F)c(F)c1. The zero-order valence-electron chi connectivity index (χ0n) is 13.5. The number of nitrogens with one attached hydrogen (secondary N) is 1. The van der Waals surface area contributed by atoms with Crippen LogP contribution in [-0.4, -0.2) is 37.9 Å². The smallest absolute Gasteiger partial charge is 0.324 e. The van der Waals surface area contributed by atoms with E-state index in [0.29, 0.717) is 12.8 Å². The van der Waals surface area contributed by atoms with Crippen molar-refractivity contribution < 1.29 is 26.7 Å². The maximum absolute atomic E-state index is 13.3. The average Bonchev–Trinajstić information content (AvgIpc) is 3.00. The lowest BCUT2D eigenvalue weighted by molar-refractivity contribution is -0.146. The Bertz CT molecular complexity index is 711. The van der Waals surface area contributed by atoms with Crippen molar-refractivity contribution in [2.24, 2.45) is 0 Å². The van der Waals surface area contributed by atoms with Gasteiger partial charge >= 0.3 is 5.97 Å². The highest BCUT2D eigenvalue weighted by Gasteiger charge is 2.40. The van der Waals surface area contributed by atoms with Crippen LogP contribution in [0.25, 0.3) is 0 Å². The molecule has 1 aliphatic heterocycles. The molecule has 0 aliphatic carbocycles. The third-order valence-corrected chi connectivity index (χ3v) is 5.55. The number of hydrogen-bond acceptors (Lipinski definition) is 4. The first kappa shape index (κ1) is 18.8. The molecule has 1 aliphatic rings. The molecule has 0 saturated carbocycles. The number of halogens is 2. The highest BCUT2D eigenvalue weighted by molar-refractivity contribution is 7.87. The molecule has 0 amide bonds. The topological polar surface area (TPSA) is 75.7 Å². The molecule has 9 heteroatoms. The number of rotatable bonds is 6. The number of benzene rings is 1. The number of nitrogens with zero attached hydrogens (tertiary/aromatic N) is 1. The van der Waals surface area contributed by atoms with Crippen molar-refractivity contribution in [2.45, 2.75) is 38.8 Å². The van der Waals surface area contributed by atoms with Crippen molar-refractivity contribution in [1.82, 2.24) is 9.03 Å². The summed E-state index contributed by atoms with van der Waals surface area (Å²) in [5.41, 5.74) is 0.282. The van der Waals surface area contributed by atoms with Crippen molar-refractivity contribution in [3.63, 3.8) is 0 Å². The fourth-order valence-electron chi connectivity index (χ4n) is 2.64. The van der Waals surface area contributed by atoms with E-state index in [1.807, 2.05) is 0 Å². The molecule has 0 aromatic heterocycles. The molecule has 2 rings (SSSR count). The van der Waals surface area contributed by atoms with E-state index >= 15 is 0 Å². The molecule has 1 N–H and O–H groups in total. The molecule has 0 radical (unpaired) electrons. The Hall–Kier alpha value is -1.58. The lowest BCUT2D eigenvalue weighted by Gasteiger charge is -2.25. The molecule has 1 aromatic rings. The quantitative estimate of drug-likeness (QED) is 0.784. The van der Waals surface area contributed by atoms with Gasteiger partial charge in [0.05, 0.1) is 6.61 Å². The highest BCUT2D eigenvalue weighted by Crippen LogP contribution is 2.24. The van der Waals surface area contributed by atoms with Crippen molar-refractivity contribution in [2.75, 3.05) is 13.2 Å². The second-order valence-electron chi connectivity index (χ2n) is 5.54. The van der Waals surface area contributed by atoms with Gasteiger partial charge in [0.2, 0.25) is 0 Å². The minimum absolute atomic E-state index is 0.169.